The fourth-order valence-corrected chi connectivity index (χ4v) is 3.02. The first kappa shape index (κ1) is 23.0. The lowest BCUT2D eigenvalue weighted by molar-refractivity contribution is 0.281. The van der Waals surface area contributed by atoms with Crippen LogP contribution in [0.3, 0.4) is 0 Å². The highest BCUT2D eigenvalue weighted by atomic mass is 127. The molecule has 1 saturated carbocycles. The maximum absolute atomic E-state index is 5.78. The Hall–Kier alpha value is -1.02. The maximum Gasteiger partial charge on any atom is 0.191 e. The van der Waals surface area contributed by atoms with E-state index in [0.29, 0.717) is 12.6 Å². The molecule has 1 aromatic carbocycles. The third kappa shape index (κ3) is 9.07. The first-order chi connectivity index (χ1) is 12.2. The van der Waals surface area contributed by atoms with Crippen LogP contribution in [0.4, 0.5) is 0 Å². The van der Waals surface area contributed by atoms with Gasteiger partial charge in [0.25, 0.3) is 0 Å². The van der Waals surface area contributed by atoms with E-state index in [0.717, 1.165) is 37.8 Å². The quantitative estimate of drug-likeness (QED) is 0.249. The minimum Gasteiger partial charge on any atom is -0.494 e. The van der Waals surface area contributed by atoms with Gasteiger partial charge in [0.1, 0.15) is 5.75 Å². The minimum atomic E-state index is 0. The zero-order valence-electron chi connectivity index (χ0n) is 16.5. The van der Waals surface area contributed by atoms with Gasteiger partial charge in [0, 0.05) is 19.1 Å². The molecule has 5 nitrogen and oxygen atoms in total. The molecule has 2 rings (SSSR count). The largest absolute Gasteiger partial charge is 0.494 e. The van der Waals surface area contributed by atoms with Crippen LogP contribution >= 0.6 is 24.0 Å². The summed E-state index contributed by atoms with van der Waals surface area (Å²) in [6.07, 6.45) is 6.20. The van der Waals surface area contributed by atoms with Crippen molar-refractivity contribution in [2.24, 2.45) is 4.99 Å². The number of ether oxygens (including phenoxy) is 1. The summed E-state index contributed by atoms with van der Waals surface area (Å²) in [5.74, 6) is 1.86. The van der Waals surface area contributed by atoms with E-state index in [1.807, 2.05) is 12.1 Å². The van der Waals surface area contributed by atoms with E-state index < -0.39 is 0 Å². The minimum absolute atomic E-state index is 0. The molecule has 1 aliphatic carbocycles. The van der Waals surface area contributed by atoms with Gasteiger partial charge in [0.05, 0.1) is 13.2 Å². The lowest BCUT2D eigenvalue weighted by Gasteiger charge is -2.16. The summed E-state index contributed by atoms with van der Waals surface area (Å²) < 4.78 is 5.78. The summed E-state index contributed by atoms with van der Waals surface area (Å²) in [5.41, 5.74) is 1.20. The number of hydrogen-bond acceptors (Lipinski definition) is 3. The van der Waals surface area contributed by atoms with E-state index in [-0.39, 0.29) is 24.0 Å². The Morgan fingerprint density at radius 1 is 1.19 bits per heavy atom. The van der Waals surface area contributed by atoms with Crippen LogP contribution in [0.15, 0.2) is 29.3 Å². The predicted molar refractivity (Wildman–Crippen MR) is 121 cm³/mol. The Bertz CT molecular complexity index is 513. The van der Waals surface area contributed by atoms with Crippen molar-refractivity contribution in [3.05, 3.63) is 29.8 Å². The first-order valence-corrected chi connectivity index (χ1v) is 9.58. The summed E-state index contributed by atoms with van der Waals surface area (Å²) in [7, 11) is 4.16. The number of aliphatic imine (C=N–C) groups is 1. The molecule has 148 valence electrons. The third-order valence-electron chi connectivity index (χ3n) is 4.40. The number of benzene rings is 1. The van der Waals surface area contributed by atoms with Gasteiger partial charge in [-0.25, -0.2) is 4.99 Å². The van der Waals surface area contributed by atoms with E-state index in [2.05, 4.69) is 48.7 Å². The lowest BCUT2D eigenvalue weighted by atomic mass is 10.2. The number of guanidine groups is 1. The van der Waals surface area contributed by atoms with Crippen LogP contribution in [0.5, 0.6) is 5.75 Å². The van der Waals surface area contributed by atoms with Crippen LogP contribution in [0.1, 0.15) is 44.6 Å². The van der Waals surface area contributed by atoms with Crippen molar-refractivity contribution in [3.8, 4) is 5.75 Å². The van der Waals surface area contributed by atoms with E-state index in [1.165, 1.54) is 31.2 Å². The van der Waals surface area contributed by atoms with Gasteiger partial charge in [-0.3, -0.25) is 0 Å². The SMILES string of the molecule is CCNC(=NCc1ccc(OCCCN(C)C)cc1)NC1CCCC1.I. The maximum atomic E-state index is 5.78. The molecule has 0 saturated heterocycles. The number of halogens is 1. The number of rotatable bonds is 9. The van der Waals surface area contributed by atoms with Crippen molar-refractivity contribution in [3.63, 3.8) is 0 Å². The van der Waals surface area contributed by atoms with E-state index in [1.54, 1.807) is 0 Å². The molecule has 0 heterocycles. The Labute approximate surface area is 176 Å². The highest BCUT2D eigenvalue weighted by Gasteiger charge is 2.15. The molecule has 0 amide bonds. The second-order valence-electron chi connectivity index (χ2n) is 6.97. The monoisotopic (exact) mass is 474 g/mol. The molecule has 1 aromatic rings. The van der Waals surface area contributed by atoms with Crippen molar-refractivity contribution in [2.75, 3.05) is 33.8 Å². The second-order valence-corrected chi connectivity index (χ2v) is 6.97. The average molecular weight is 474 g/mol. The van der Waals surface area contributed by atoms with Gasteiger partial charge in [0.15, 0.2) is 5.96 Å². The summed E-state index contributed by atoms with van der Waals surface area (Å²) in [6.45, 7) is 5.48. The fraction of sp³-hybridized carbons (Fsp3) is 0.650. The van der Waals surface area contributed by atoms with Gasteiger partial charge in [-0.05, 0) is 58.0 Å². The Morgan fingerprint density at radius 3 is 2.50 bits per heavy atom. The van der Waals surface area contributed by atoms with Gasteiger partial charge >= 0.3 is 0 Å². The van der Waals surface area contributed by atoms with E-state index in [4.69, 9.17) is 9.73 Å². The molecule has 0 aliphatic heterocycles. The first-order valence-electron chi connectivity index (χ1n) is 9.58. The molecule has 0 unspecified atom stereocenters. The topological polar surface area (TPSA) is 48.9 Å². The summed E-state index contributed by atoms with van der Waals surface area (Å²) in [5, 5.41) is 6.90. The summed E-state index contributed by atoms with van der Waals surface area (Å²) in [6, 6.07) is 8.86. The van der Waals surface area contributed by atoms with Gasteiger partial charge in [0.2, 0.25) is 0 Å². The van der Waals surface area contributed by atoms with Crippen molar-refractivity contribution >= 4 is 29.9 Å². The molecular weight excluding hydrogens is 439 g/mol. The Balaban J connectivity index is 0.00000338. The van der Waals surface area contributed by atoms with Gasteiger partial charge in [-0.15, -0.1) is 24.0 Å². The van der Waals surface area contributed by atoms with Crippen molar-refractivity contribution < 1.29 is 4.74 Å². The van der Waals surface area contributed by atoms with Gasteiger partial charge in [-0.2, -0.15) is 0 Å². The second kappa shape index (κ2) is 13.2. The fourth-order valence-electron chi connectivity index (χ4n) is 3.02. The standard InChI is InChI=1S/C20H34N4O.HI/c1-4-21-20(23-18-8-5-6-9-18)22-16-17-10-12-19(13-11-17)25-15-7-14-24(2)3;/h10-13,18H,4-9,14-16H2,1-3H3,(H2,21,22,23);1H. The van der Waals surface area contributed by atoms with Crippen molar-refractivity contribution in [2.45, 2.75) is 51.6 Å². The molecule has 1 aliphatic rings. The smallest absolute Gasteiger partial charge is 0.191 e. The highest BCUT2D eigenvalue weighted by molar-refractivity contribution is 14.0. The molecule has 0 aromatic heterocycles. The zero-order chi connectivity index (χ0) is 17.9. The Kier molecular flexibility index (Phi) is 11.7. The molecule has 0 radical (unpaired) electrons. The molecule has 0 bridgehead atoms. The molecule has 0 spiro atoms. The van der Waals surface area contributed by atoms with Crippen LogP contribution in [0.2, 0.25) is 0 Å². The molecule has 2 N–H and O–H groups in total. The molecule has 6 heteroatoms. The van der Waals surface area contributed by atoms with Crippen molar-refractivity contribution in [1.29, 1.82) is 0 Å². The highest BCUT2D eigenvalue weighted by Crippen LogP contribution is 2.17. The number of nitrogens with zero attached hydrogens (tertiary/aromatic N) is 2. The zero-order valence-corrected chi connectivity index (χ0v) is 18.8. The van der Waals surface area contributed by atoms with Crippen LogP contribution in [-0.4, -0.2) is 50.7 Å². The molecule has 0 atom stereocenters. The average Bonchev–Trinajstić information content (AvgIpc) is 3.11. The predicted octanol–water partition coefficient (Wildman–Crippen LogP) is 3.63. The van der Waals surface area contributed by atoms with Crippen LogP contribution in [0, 0.1) is 0 Å². The van der Waals surface area contributed by atoms with E-state index >= 15 is 0 Å². The van der Waals surface area contributed by atoms with Crippen LogP contribution in [0.25, 0.3) is 0 Å². The van der Waals surface area contributed by atoms with Crippen LogP contribution in [-0.2, 0) is 6.54 Å². The van der Waals surface area contributed by atoms with Crippen LogP contribution < -0.4 is 15.4 Å². The van der Waals surface area contributed by atoms with Gasteiger partial charge in [-0.1, -0.05) is 25.0 Å². The number of hydrogen-bond donors (Lipinski definition) is 2. The molecular formula is C20H35IN4O. The Morgan fingerprint density at radius 2 is 1.88 bits per heavy atom. The van der Waals surface area contributed by atoms with E-state index in [9.17, 15) is 0 Å². The van der Waals surface area contributed by atoms with Gasteiger partial charge < -0.3 is 20.3 Å². The summed E-state index contributed by atoms with van der Waals surface area (Å²) in [4.78, 5) is 6.89. The molecule has 1 fully saturated rings. The molecule has 26 heavy (non-hydrogen) atoms. The summed E-state index contributed by atoms with van der Waals surface area (Å²) >= 11 is 0. The number of nitrogens with one attached hydrogen (secondary N) is 2. The third-order valence-corrected chi connectivity index (χ3v) is 4.40. The normalized spacial score (nSPS) is 15.0. The van der Waals surface area contributed by atoms with Crippen molar-refractivity contribution in [1.82, 2.24) is 15.5 Å². The lowest BCUT2D eigenvalue weighted by Crippen LogP contribution is -2.42.